The van der Waals surface area contributed by atoms with Gasteiger partial charge in [-0.15, -0.1) is 0 Å². The van der Waals surface area contributed by atoms with Crippen LogP contribution in [0.4, 0.5) is 0 Å². The second kappa shape index (κ2) is 3.63. The third-order valence-electron chi connectivity index (χ3n) is 2.68. The lowest BCUT2D eigenvalue weighted by Crippen LogP contribution is -1.80. The lowest BCUT2D eigenvalue weighted by atomic mass is 10.1. The van der Waals surface area contributed by atoms with Gasteiger partial charge < -0.3 is 9.52 Å². The Morgan fingerprint density at radius 2 is 1.94 bits per heavy atom. The van der Waals surface area contributed by atoms with E-state index in [1.54, 1.807) is 6.07 Å². The Morgan fingerprint density at radius 3 is 2.76 bits per heavy atom. The molecule has 0 aliphatic carbocycles. The Labute approximate surface area is 98.3 Å². The first kappa shape index (κ1) is 9.90. The van der Waals surface area contributed by atoms with Gasteiger partial charge in [0.15, 0.2) is 5.58 Å². The molecular weight excluding hydrogens is 214 g/mol. The third-order valence-corrected chi connectivity index (χ3v) is 2.68. The van der Waals surface area contributed by atoms with Crippen molar-refractivity contribution < 1.29 is 9.52 Å². The molecule has 0 radical (unpaired) electrons. The van der Waals surface area contributed by atoms with E-state index in [4.69, 9.17) is 4.42 Å². The van der Waals surface area contributed by atoms with Gasteiger partial charge in [0.2, 0.25) is 5.89 Å². The van der Waals surface area contributed by atoms with Crippen molar-refractivity contribution in [2.24, 2.45) is 0 Å². The largest absolute Gasteiger partial charge is 0.507 e. The summed E-state index contributed by atoms with van der Waals surface area (Å²) in [6.45, 7) is 1.96. The van der Waals surface area contributed by atoms with Gasteiger partial charge in [-0.25, -0.2) is 4.98 Å². The number of aromatic hydroxyl groups is 1. The molecule has 17 heavy (non-hydrogen) atoms. The molecule has 0 aliphatic heterocycles. The lowest BCUT2D eigenvalue weighted by Gasteiger charge is -2.00. The molecule has 0 atom stereocenters. The van der Waals surface area contributed by atoms with E-state index >= 15 is 0 Å². The Balaban J connectivity index is 2.23. The zero-order chi connectivity index (χ0) is 11.8. The van der Waals surface area contributed by atoms with Crippen molar-refractivity contribution >= 4 is 11.1 Å². The van der Waals surface area contributed by atoms with Gasteiger partial charge in [0.05, 0.1) is 5.56 Å². The SMILES string of the molecule is Cc1ccc(O)c(-c2nc3ccccc3o2)c1. The summed E-state index contributed by atoms with van der Waals surface area (Å²) in [6, 6.07) is 12.9. The number of aryl methyl sites for hydroxylation is 1. The zero-order valence-corrected chi connectivity index (χ0v) is 9.34. The first-order valence-electron chi connectivity index (χ1n) is 5.39. The highest BCUT2D eigenvalue weighted by Crippen LogP contribution is 2.31. The molecule has 3 aromatic rings. The quantitative estimate of drug-likeness (QED) is 0.689. The van der Waals surface area contributed by atoms with Gasteiger partial charge in [0.1, 0.15) is 11.3 Å². The van der Waals surface area contributed by atoms with Crippen molar-refractivity contribution in [2.45, 2.75) is 6.92 Å². The van der Waals surface area contributed by atoms with Crippen molar-refractivity contribution in [3.8, 4) is 17.2 Å². The third kappa shape index (κ3) is 1.65. The first-order valence-corrected chi connectivity index (χ1v) is 5.39. The molecule has 1 heterocycles. The highest BCUT2D eigenvalue weighted by Gasteiger charge is 2.11. The highest BCUT2D eigenvalue weighted by atomic mass is 16.3. The van der Waals surface area contributed by atoms with Gasteiger partial charge >= 0.3 is 0 Å². The molecule has 3 rings (SSSR count). The van der Waals surface area contributed by atoms with Crippen LogP contribution >= 0.6 is 0 Å². The molecule has 0 saturated carbocycles. The number of oxazole rings is 1. The second-order valence-electron chi connectivity index (χ2n) is 4.01. The number of phenolic OH excluding ortho intramolecular Hbond substituents is 1. The maximum Gasteiger partial charge on any atom is 0.231 e. The topological polar surface area (TPSA) is 46.3 Å². The van der Waals surface area contributed by atoms with Crippen LogP contribution in [0.3, 0.4) is 0 Å². The van der Waals surface area contributed by atoms with Gasteiger partial charge in [-0.3, -0.25) is 0 Å². The minimum atomic E-state index is 0.183. The number of aromatic nitrogens is 1. The molecule has 0 bridgehead atoms. The maximum atomic E-state index is 9.81. The van der Waals surface area contributed by atoms with Crippen molar-refractivity contribution in [3.05, 3.63) is 48.0 Å². The fourth-order valence-corrected chi connectivity index (χ4v) is 1.81. The molecular formula is C14H11NO2. The molecule has 0 spiro atoms. The van der Waals surface area contributed by atoms with Crippen LogP contribution in [-0.2, 0) is 0 Å². The number of phenols is 1. The summed E-state index contributed by atoms with van der Waals surface area (Å²) in [4.78, 5) is 4.36. The average molecular weight is 225 g/mol. The minimum Gasteiger partial charge on any atom is -0.507 e. The maximum absolute atomic E-state index is 9.81. The van der Waals surface area contributed by atoms with Crippen LogP contribution in [0.1, 0.15) is 5.56 Å². The summed E-state index contributed by atoms with van der Waals surface area (Å²) in [7, 11) is 0. The van der Waals surface area contributed by atoms with Gasteiger partial charge in [-0.1, -0.05) is 23.8 Å². The number of hydrogen-bond acceptors (Lipinski definition) is 3. The number of nitrogens with zero attached hydrogens (tertiary/aromatic N) is 1. The standard InChI is InChI=1S/C14H11NO2/c1-9-6-7-12(16)10(8-9)14-15-11-4-2-3-5-13(11)17-14/h2-8,16H,1H3. The summed E-state index contributed by atoms with van der Waals surface area (Å²) in [5.74, 6) is 0.634. The Hall–Kier alpha value is -2.29. The molecule has 3 nitrogen and oxygen atoms in total. The second-order valence-corrected chi connectivity index (χ2v) is 4.01. The fourth-order valence-electron chi connectivity index (χ4n) is 1.81. The minimum absolute atomic E-state index is 0.183. The molecule has 3 heteroatoms. The van der Waals surface area contributed by atoms with Crippen LogP contribution < -0.4 is 0 Å². The first-order chi connectivity index (χ1) is 8.24. The van der Waals surface area contributed by atoms with E-state index in [0.717, 1.165) is 16.7 Å². The van der Waals surface area contributed by atoms with Crippen LogP contribution in [0.25, 0.3) is 22.6 Å². The van der Waals surface area contributed by atoms with Crippen molar-refractivity contribution in [3.63, 3.8) is 0 Å². The number of fused-ring (bicyclic) bond motifs is 1. The Kier molecular flexibility index (Phi) is 2.11. The zero-order valence-electron chi connectivity index (χ0n) is 9.34. The smallest absolute Gasteiger partial charge is 0.231 e. The molecule has 0 saturated heterocycles. The molecule has 0 unspecified atom stereocenters. The van der Waals surface area contributed by atoms with Crippen LogP contribution in [0.2, 0.25) is 0 Å². The average Bonchev–Trinajstić information content (AvgIpc) is 2.75. The van der Waals surface area contributed by atoms with E-state index in [1.165, 1.54) is 0 Å². The summed E-state index contributed by atoms with van der Waals surface area (Å²) < 4.78 is 5.62. The van der Waals surface area contributed by atoms with Crippen LogP contribution in [0.5, 0.6) is 5.75 Å². The summed E-state index contributed by atoms with van der Waals surface area (Å²) in [5, 5.41) is 9.81. The number of rotatable bonds is 1. The van der Waals surface area contributed by atoms with Gasteiger partial charge in [0, 0.05) is 0 Å². The summed E-state index contributed by atoms with van der Waals surface area (Å²) >= 11 is 0. The van der Waals surface area contributed by atoms with Gasteiger partial charge in [-0.2, -0.15) is 0 Å². The molecule has 0 fully saturated rings. The van der Waals surface area contributed by atoms with Crippen molar-refractivity contribution in [1.82, 2.24) is 4.98 Å². The van der Waals surface area contributed by atoms with Crippen LogP contribution in [0.15, 0.2) is 46.9 Å². The fraction of sp³-hybridized carbons (Fsp3) is 0.0714. The molecule has 84 valence electrons. The van der Waals surface area contributed by atoms with Crippen LogP contribution in [0, 0.1) is 6.92 Å². The molecule has 0 aliphatic rings. The molecule has 1 aromatic heterocycles. The van der Waals surface area contributed by atoms with E-state index in [-0.39, 0.29) is 5.75 Å². The number of hydrogen-bond donors (Lipinski definition) is 1. The predicted molar refractivity (Wildman–Crippen MR) is 65.8 cm³/mol. The Bertz CT molecular complexity index is 653. The van der Waals surface area contributed by atoms with E-state index in [2.05, 4.69) is 4.98 Å². The van der Waals surface area contributed by atoms with E-state index < -0.39 is 0 Å². The molecule has 1 N–H and O–H groups in total. The van der Waals surface area contributed by atoms with E-state index in [0.29, 0.717) is 11.5 Å². The normalized spacial score (nSPS) is 10.9. The predicted octanol–water partition coefficient (Wildman–Crippen LogP) is 3.51. The summed E-state index contributed by atoms with van der Waals surface area (Å²) in [5.41, 5.74) is 3.20. The van der Waals surface area contributed by atoms with Gasteiger partial charge in [0.25, 0.3) is 0 Å². The van der Waals surface area contributed by atoms with Crippen molar-refractivity contribution in [2.75, 3.05) is 0 Å². The van der Waals surface area contributed by atoms with E-state index in [1.807, 2.05) is 43.3 Å². The lowest BCUT2D eigenvalue weighted by molar-refractivity contribution is 0.474. The number of benzene rings is 2. The number of para-hydroxylation sites is 2. The monoisotopic (exact) mass is 225 g/mol. The van der Waals surface area contributed by atoms with E-state index in [9.17, 15) is 5.11 Å². The molecule has 2 aromatic carbocycles. The summed E-state index contributed by atoms with van der Waals surface area (Å²) in [6.07, 6.45) is 0. The van der Waals surface area contributed by atoms with Crippen molar-refractivity contribution in [1.29, 1.82) is 0 Å². The van der Waals surface area contributed by atoms with Gasteiger partial charge in [-0.05, 0) is 31.2 Å². The Morgan fingerprint density at radius 1 is 1.12 bits per heavy atom. The molecule has 0 amide bonds. The van der Waals surface area contributed by atoms with Crippen LogP contribution in [-0.4, -0.2) is 10.1 Å². The highest BCUT2D eigenvalue weighted by molar-refractivity contribution is 5.77.